The Labute approximate surface area is 116 Å². The molecule has 1 heterocycles. The zero-order valence-corrected chi connectivity index (χ0v) is 12.6. The molecule has 2 rings (SSSR count). The number of halogens is 1. The maximum atomic E-state index is 4.63. The Balaban J connectivity index is 2.22. The quantitative estimate of drug-likeness (QED) is 0.911. The lowest BCUT2D eigenvalue weighted by molar-refractivity contribution is 0.768. The molecule has 2 N–H and O–H groups in total. The van der Waals surface area contributed by atoms with E-state index in [2.05, 4.69) is 63.3 Å². The number of aromatic nitrogens is 2. The van der Waals surface area contributed by atoms with Crippen molar-refractivity contribution in [1.29, 1.82) is 0 Å². The van der Waals surface area contributed by atoms with E-state index >= 15 is 0 Å². The summed E-state index contributed by atoms with van der Waals surface area (Å²) in [6, 6.07) is 6.38. The Kier molecular flexibility index (Phi) is 4.19. The Morgan fingerprint density at radius 2 is 2.11 bits per heavy atom. The van der Waals surface area contributed by atoms with Crippen molar-refractivity contribution in [1.82, 2.24) is 15.3 Å². The third kappa shape index (κ3) is 3.00. The van der Waals surface area contributed by atoms with E-state index in [1.54, 1.807) is 0 Å². The number of nitrogens with one attached hydrogen (secondary N) is 2. The van der Waals surface area contributed by atoms with Crippen LogP contribution in [0.5, 0.6) is 0 Å². The van der Waals surface area contributed by atoms with Gasteiger partial charge >= 0.3 is 0 Å². The highest BCUT2D eigenvalue weighted by Gasteiger charge is 2.08. The molecule has 0 fully saturated rings. The van der Waals surface area contributed by atoms with Gasteiger partial charge in [-0.25, -0.2) is 4.98 Å². The van der Waals surface area contributed by atoms with Gasteiger partial charge in [0.05, 0.1) is 12.2 Å². The Bertz CT molecular complexity index is 546. The molecule has 0 bridgehead atoms. The molecule has 2 aromatic rings. The van der Waals surface area contributed by atoms with Gasteiger partial charge in [0.15, 0.2) is 0 Å². The molecule has 0 spiro atoms. The highest BCUT2D eigenvalue weighted by molar-refractivity contribution is 9.10. The lowest BCUT2D eigenvalue weighted by Gasteiger charge is -2.05. The summed E-state index contributed by atoms with van der Waals surface area (Å²) < 4.78 is 1.12. The van der Waals surface area contributed by atoms with Crippen LogP contribution in [0.1, 0.15) is 28.3 Å². The van der Waals surface area contributed by atoms with Crippen molar-refractivity contribution in [2.24, 2.45) is 0 Å². The van der Waals surface area contributed by atoms with Gasteiger partial charge in [0.1, 0.15) is 5.82 Å². The summed E-state index contributed by atoms with van der Waals surface area (Å²) in [5.41, 5.74) is 4.90. The first kappa shape index (κ1) is 13.3. The van der Waals surface area contributed by atoms with Crippen LogP contribution in [0.2, 0.25) is 0 Å². The molecule has 0 aliphatic carbocycles. The van der Waals surface area contributed by atoms with Crippen LogP contribution in [0.4, 0.5) is 0 Å². The fourth-order valence-electron chi connectivity index (χ4n) is 2.02. The first-order chi connectivity index (χ1) is 8.60. The summed E-state index contributed by atoms with van der Waals surface area (Å²) >= 11 is 3.49. The second-order valence-electron chi connectivity index (χ2n) is 4.53. The summed E-state index contributed by atoms with van der Waals surface area (Å²) in [5.74, 6) is 1.000. The van der Waals surface area contributed by atoms with Gasteiger partial charge in [0.25, 0.3) is 0 Å². The van der Waals surface area contributed by atoms with E-state index in [0.29, 0.717) is 0 Å². The number of hydrogen-bond donors (Lipinski definition) is 2. The van der Waals surface area contributed by atoms with Gasteiger partial charge in [-0.2, -0.15) is 0 Å². The van der Waals surface area contributed by atoms with E-state index in [0.717, 1.165) is 34.7 Å². The van der Waals surface area contributed by atoms with E-state index in [1.165, 1.54) is 11.1 Å². The number of imidazole rings is 1. The summed E-state index contributed by atoms with van der Waals surface area (Å²) in [6.45, 7) is 4.99. The average Bonchev–Trinajstić information content (AvgIpc) is 2.64. The number of benzene rings is 1. The van der Waals surface area contributed by atoms with Crippen LogP contribution in [-0.2, 0) is 13.0 Å². The van der Waals surface area contributed by atoms with E-state index in [9.17, 15) is 0 Å². The largest absolute Gasteiger partial charge is 0.345 e. The standard InChI is InChI=1S/C14H18BrN3/c1-9-6-12(15)5-4-11(9)7-13-10(2)17-14(18-13)8-16-3/h4-6,16H,7-8H2,1-3H3,(H,17,18). The number of hydrogen-bond acceptors (Lipinski definition) is 2. The molecule has 0 aliphatic rings. The zero-order chi connectivity index (χ0) is 13.1. The number of rotatable bonds is 4. The van der Waals surface area contributed by atoms with Gasteiger partial charge in [0.2, 0.25) is 0 Å². The highest BCUT2D eigenvalue weighted by Crippen LogP contribution is 2.19. The molecule has 0 unspecified atom stereocenters. The van der Waals surface area contributed by atoms with Crippen molar-refractivity contribution in [3.8, 4) is 0 Å². The number of aromatic amines is 1. The molecule has 0 atom stereocenters. The van der Waals surface area contributed by atoms with Gasteiger partial charge in [-0.3, -0.25) is 0 Å². The van der Waals surface area contributed by atoms with E-state index < -0.39 is 0 Å². The van der Waals surface area contributed by atoms with E-state index in [1.807, 2.05) is 7.05 Å². The topological polar surface area (TPSA) is 40.7 Å². The summed E-state index contributed by atoms with van der Waals surface area (Å²) in [6.07, 6.45) is 0.880. The summed E-state index contributed by atoms with van der Waals surface area (Å²) in [5, 5.41) is 3.11. The van der Waals surface area contributed by atoms with Gasteiger partial charge in [0, 0.05) is 16.6 Å². The normalized spacial score (nSPS) is 10.9. The molecule has 18 heavy (non-hydrogen) atoms. The molecule has 4 heteroatoms. The molecular formula is C14H18BrN3. The van der Waals surface area contributed by atoms with E-state index in [4.69, 9.17) is 0 Å². The monoisotopic (exact) mass is 307 g/mol. The van der Waals surface area contributed by atoms with Crippen molar-refractivity contribution in [2.45, 2.75) is 26.8 Å². The van der Waals surface area contributed by atoms with Gasteiger partial charge in [-0.05, 0) is 44.2 Å². The lowest BCUT2D eigenvalue weighted by atomic mass is 10.0. The first-order valence-corrected chi connectivity index (χ1v) is 6.83. The second-order valence-corrected chi connectivity index (χ2v) is 5.45. The molecule has 0 aliphatic heterocycles. The van der Waals surface area contributed by atoms with Crippen LogP contribution < -0.4 is 5.32 Å². The predicted molar refractivity (Wildman–Crippen MR) is 77.8 cm³/mol. The lowest BCUT2D eigenvalue weighted by Crippen LogP contribution is -2.06. The van der Waals surface area contributed by atoms with Gasteiger partial charge < -0.3 is 10.3 Å². The molecule has 96 valence electrons. The summed E-state index contributed by atoms with van der Waals surface area (Å²) in [7, 11) is 1.93. The molecule has 1 aromatic heterocycles. The SMILES string of the molecule is CNCc1nc(Cc2ccc(Br)cc2C)c(C)[nH]1. The minimum atomic E-state index is 0.778. The Morgan fingerprint density at radius 3 is 2.78 bits per heavy atom. The molecule has 0 saturated carbocycles. The van der Waals surface area contributed by atoms with Crippen LogP contribution in [0.25, 0.3) is 0 Å². The minimum Gasteiger partial charge on any atom is -0.345 e. The van der Waals surface area contributed by atoms with Crippen molar-refractivity contribution in [3.63, 3.8) is 0 Å². The van der Waals surface area contributed by atoms with Crippen molar-refractivity contribution >= 4 is 15.9 Å². The number of aryl methyl sites for hydroxylation is 2. The van der Waals surface area contributed by atoms with Crippen molar-refractivity contribution in [3.05, 3.63) is 51.0 Å². The van der Waals surface area contributed by atoms with Gasteiger partial charge in [-0.1, -0.05) is 22.0 Å². The molecule has 0 saturated heterocycles. The van der Waals surface area contributed by atoms with Gasteiger partial charge in [-0.15, -0.1) is 0 Å². The van der Waals surface area contributed by atoms with Crippen molar-refractivity contribution < 1.29 is 0 Å². The molecular weight excluding hydrogens is 290 g/mol. The fraction of sp³-hybridized carbons (Fsp3) is 0.357. The fourth-order valence-corrected chi connectivity index (χ4v) is 2.50. The average molecular weight is 308 g/mol. The van der Waals surface area contributed by atoms with Crippen LogP contribution in [-0.4, -0.2) is 17.0 Å². The predicted octanol–water partition coefficient (Wildman–Crippen LogP) is 3.10. The molecule has 3 nitrogen and oxygen atoms in total. The third-order valence-corrected chi connectivity index (χ3v) is 3.53. The summed E-state index contributed by atoms with van der Waals surface area (Å²) in [4.78, 5) is 7.94. The third-order valence-electron chi connectivity index (χ3n) is 3.04. The smallest absolute Gasteiger partial charge is 0.120 e. The maximum absolute atomic E-state index is 4.63. The van der Waals surface area contributed by atoms with Crippen LogP contribution in [0, 0.1) is 13.8 Å². The Hall–Kier alpha value is -1.13. The molecule has 0 amide bonds. The molecule has 0 radical (unpaired) electrons. The minimum absolute atomic E-state index is 0.778. The van der Waals surface area contributed by atoms with Crippen molar-refractivity contribution in [2.75, 3.05) is 7.05 Å². The molecule has 1 aromatic carbocycles. The second kappa shape index (κ2) is 5.67. The van der Waals surface area contributed by atoms with Crippen LogP contribution in [0.15, 0.2) is 22.7 Å². The number of nitrogens with zero attached hydrogens (tertiary/aromatic N) is 1. The van der Waals surface area contributed by atoms with E-state index in [-0.39, 0.29) is 0 Å². The maximum Gasteiger partial charge on any atom is 0.120 e. The zero-order valence-electron chi connectivity index (χ0n) is 11.0. The number of H-pyrrole nitrogens is 1. The highest BCUT2D eigenvalue weighted by atomic mass is 79.9. The van der Waals surface area contributed by atoms with Crippen LogP contribution >= 0.6 is 15.9 Å². The Morgan fingerprint density at radius 1 is 1.33 bits per heavy atom. The van der Waals surface area contributed by atoms with Crippen LogP contribution in [0.3, 0.4) is 0 Å². The first-order valence-electron chi connectivity index (χ1n) is 6.04.